The van der Waals surface area contributed by atoms with Crippen LogP contribution in [-0.2, 0) is 20.7 Å². The molecule has 3 rings (SSSR count). The Labute approximate surface area is 247 Å². The Morgan fingerprint density at radius 2 is 1.85 bits per heavy atom. The molecule has 40 heavy (non-hydrogen) atoms. The van der Waals surface area contributed by atoms with Crippen molar-refractivity contribution in [2.45, 2.75) is 33.1 Å². The molecule has 8 nitrogen and oxygen atoms in total. The van der Waals surface area contributed by atoms with E-state index in [1.807, 2.05) is 23.6 Å². The number of thiazole rings is 1. The van der Waals surface area contributed by atoms with Crippen LogP contribution in [0.2, 0.25) is 10.0 Å². The van der Waals surface area contributed by atoms with Gasteiger partial charge in [-0.15, -0.1) is 11.3 Å². The van der Waals surface area contributed by atoms with Gasteiger partial charge in [-0.3, -0.25) is 10.1 Å². The van der Waals surface area contributed by atoms with Crippen molar-refractivity contribution in [2.24, 2.45) is 5.92 Å². The summed E-state index contributed by atoms with van der Waals surface area (Å²) in [5.74, 6) is -0.802. The molecule has 2 N–H and O–H groups in total. The van der Waals surface area contributed by atoms with Gasteiger partial charge in [0.25, 0.3) is 5.91 Å². The van der Waals surface area contributed by atoms with Crippen LogP contribution in [0.3, 0.4) is 0 Å². The van der Waals surface area contributed by atoms with Crippen molar-refractivity contribution in [2.75, 3.05) is 32.8 Å². The third-order valence-corrected chi connectivity index (χ3v) is 7.76. The van der Waals surface area contributed by atoms with Crippen LogP contribution < -0.4 is 10.1 Å². The van der Waals surface area contributed by atoms with E-state index in [9.17, 15) is 14.7 Å². The van der Waals surface area contributed by atoms with E-state index >= 15 is 0 Å². The van der Waals surface area contributed by atoms with E-state index in [1.54, 1.807) is 7.11 Å². The number of aromatic nitrogens is 1. The Morgan fingerprint density at radius 3 is 2.45 bits per heavy atom. The molecule has 0 atom stereocenters. The lowest BCUT2D eigenvalue weighted by Crippen LogP contribution is -2.12. The maximum atomic E-state index is 12.9. The van der Waals surface area contributed by atoms with Gasteiger partial charge in [0.15, 0.2) is 5.13 Å². The molecule has 0 radical (unpaired) electrons. The second-order valence-corrected chi connectivity index (χ2v) is 10.5. The van der Waals surface area contributed by atoms with Crippen molar-refractivity contribution < 1.29 is 28.9 Å². The van der Waals surface area contributed by atoms with Gasteiger partial charge in [-0.25, -0.2) is 9.78 Å². The molecule has 1 aromatic heterocycles. The van der Waals surface area contributed by atoms with E-state index in [2.05, 4.69) is 24.1 Å². The highest BCUT2D eigenvalue weighted by Crippen LogP contribution is 2.35. The van der Waals surface area contributed by atoms with Crippen LogP contribution >= 0.6 is 34.5 Å². The molecule has 1 amide bonds. The molecule has 0 saturated carbocycles. The van der Waals surface area contributed by atoms with Gasteiger partial charge in [-0.05, 0) is 42.2 Å². The van der Waals surface area contributed by atoms with E-state index in [4.69, 9.17) is 37.4 Å². The average Bonchev–Trinajstić information content (AvgIpc) is 3.40. The number of hydrogen-bond acceptors (Lipinski definition) is 7. The number of nitrogens with zero attached hydrogens (tertiary/aromatic N) is 1. The molecular formula is C29H32Cl2N2O6S. The highest BCUT2D eigenvalue weighted by Gasteiger charge is 2.18. The number of carbonyl (C=O) groups is 2. The molecule has 0 bridgehead atoms. The third kappa shape index (κ3) is 7.97. The number of benzene rings is 2. The highest BCUT2D eigenvalue weighted by atomic mass is 35.5. The van der Waals surface area contributed by atoms with Crippen LogP contribution in [0.4, 0.5) is 5.13 Å². The summed E-state index contributed by atoms with van der Waals surface area (Å²) >= 11 is 13.9. The Bertz CT molecular complexity index is 1350. The summed E-state index contributed by atoms with van der Waals surface area (Å²) in [7, 11) is 2.85. The zero-order valence-electron chi connectivity index (χ0n) is 22.8. The molecule has 0 aliphatic heterocycles. The number of carbonyl (C=O) groups excluding carboxylic acids is 1. The smallest absolute Gasteiger partial charge is 0.371 e. The minimum atomic E-state index is -1.27. The summed E-state index contributed by atoms with van der Waals surface area (Å²) in [4.78, 5) is 28.8. The lowest BCUT2D eigenvalue weighted by atomic mass is 10.0. The molecule has 0 unspecified atom stereocenters. The Hall–Kier alpha value is -3.11. The summed E-state index contributed by atoms with van der Waals surface area (Å²) in [6.45, 7) is 5.69. The number of hydrogen-bond donors (Lipinski definition) is 2. The van der Waals surface area contributed by atoms with Crippen LogP contribution in [0.15, 0.2) is 41.5 Å². The van der Waals surface area contributed by atoms with Crippen LogP contribution in [-0.4, -0.2) is 49.4 Å². The fourth-order valence-corrected chi connectivity index (χ4v) is 5.30. The largest absolute Gasteiger partial charge is 0.496 e. The Morgan fingerprint density at radius 1 is 1.15 bits per heavy atom. The first kappa shape index (κ1) is 31.4. The molecule has 0 aliphatic rings. The third-order valence-electron chi connectivity index (χ3n) is 6.37. The number of carboxylic acids is 1. The first-order chi connectivity index (χ1) is 19.2. The summed E-state index contributed by atoms with van der Waals surface area (Å²) in [6, 6.07) is 8.68. The van der Waals surface area contributed by atoms with Crippen LogP contribution in [0.5, 0.6) is 5.75 Å². The minimum Gasteiger partial charge on any atom is -0.496 e. The maximum Gasteiger partial charge on any atom is 0.371 e. The monoisotopic (exact) mass is 606 g/mol. The Kier molecular flexibility index (Phi) is 11.8. The molecule has 11 heteroatoms. The number of anilines is 1. The zero-order chi connectivity index (χ0) is 29.2. The number of rotatable bonds is 14. The maximum absolute atomic E-state index is 12.9. The van der Waals surface area contributed by atoms with Gasteiger partial charge in [0, 0.05) is 28.7 Å². The summed E-state index contributed by atoms with van der Waals surface area (Å²) in [5.41, 5.74) is 2.90. The molecule has 2 aromatic carbocycles. The normalized spacial score (nSPS) is 11.5. The molecular weight excluding hydrogens is 575 g/mol. The number of aliphatic carboxylic acids is 1. The number of carboxylic acid groups (broad SMARTS) is 1. The predicted octanol–water partition coefficient (Wildman–Crippen LogP) is 7.45. The zero-order valence-corrected chi connectivity index (χ0v) is 25.1. The number of amides is 1. The molecule has 0 saturated heterocycles. The Balaban J connectivity index is 1.74. The van der Waals surface area contributed by atoms with Gasteiger partial charge >= 0.3 is 5.97 Å². The van der Waals surface area contributed by atoms with Gasteiger partial charge in [-0.2, -0.15) is 0 Å². The quantitative estimate of drug-likeness (QED) is 0.111. The average molecular weight is 608 g/mol. The number of halogens is 2. The fraction of sp³-hybridized carbons (Fsp3) is 0.345. The minimum absolute atomic E-state index is 0.0960. The summed E-state index contributed by atoms with van der Waals surface area (Å²) < 4.78 is 16.5. The van der Waals surface area contributed by atoms with Gasteiger partial charge < -0.3 is 19.3 Å². The van der Waals surface area contributed by atoms with Crippen molar-refractivity contribution in [1.82, 2.24) is 4.98 Å². The van der Waals surface area contributed by atoms with Crippen LogP contribution in [0.25, 0.3) is 17.3 Å². The van der Waals surface area contributed by atoms with E-state index in [1.165, 1.54) is 36.7 Å². The van der Waals surface area contributed by atoms with E-state index in [-0.39, 0.29) is 26.9 Å². The molecule has 1 heterocycles. The van der Waals surface area contributed by atoms with E-state index in [0.29, 0.717) is 29.8 Å². The predicted molar refractivity (Wildman–Crippen MR) is 160 cm³/mol. The van der Waals surface area contributed by atoms with Crippen LogP contribution in [0, 0.1) is 5.92 Å². The molecule has 0 aliphatic carbocycles. The SMILES string of the molecule is CCC(CC)COCCc1cccc(-c2csc(NC(=O)c3cc(Cl)c(/C=C(/OC)C(=O)O)c(Cl)c3)n2)c1OC. The molecule has 0 fully saturated rings. The fourth-order valence-electron chi connectivity index (χ4n) is 4.00. The lowest BCUT2D eigenvalue weighted by molar-refractivity contribution is -0.135. The standard InChI is InChI=1S/C29H32Cl2N2O6S/c1-5-17(6-2)15-39-11-10-18-8-7-9-20(26(18)38-4)24-16-40-29(32-24)33-27(34)19-12-22(30)21(23(31)13-19)14-25(37-3)28(35)36/h7-9,12-14,16-17H,5-6,10-11,15H2,1-4H3,(H,35,36)(H,32,33,34)/b25-14+. The number of methoxy groups -OCH3 is 2. The van der Waals surface area contributed by atoms with Gasteiger partial charge in [0.05, 0.1) is 36.6 Å². The topological polar surface area (TPSA) is 107 Å². The van der Waals surface area contributed by atoms with Crippen LogP contribution in [0.1, 0.15) is 48.2 Å². The van der Waals surface area contributed by atoms with Crippen molar-refractivity contribution in [3.8, 4) is 17.0 Å². The first-order valence-corrected chi connectivity index (χ1v) is 14.3. The van der Waals surface area contributed by atoms with Gasteiger partial charge in [0.2, 0.25) is 5.76 Å². The number of nitrogens with one attached hydrogen (secondary N) is 1. The lowest BCUT2D eigenvalue weighted by Gasteiger charge is -2.15. The number of ether oxygens (including phenoxy) is 3. The van der Waals surface area contributed by atoms with Crippen molar-refractivity contribution in [3.63, 3.8) is 0 Å². The summed E-state index contributed by atoms with van der Waals surface area (Å²) in [6.07, 6.45) is 4.10. The summed E-state index contributed by atoms with van der Waals surface area (Å²) in [5, 5.41) is 14.4. The first-order valence-electron chi connectivity index (χ1n) is 12.7. The van der Waals surface area contributed by atoms with Crippen molar-refractivity contribution in [1.29, 1.82) is 0 Å². The van der Waals surface area contributed by atoms with Crippen molar-refractivity contribution in [3.05, 3.63) is 68.2 Å². The number of para-hydroxylation sites is 1. The van der Waals surface area contributed by atoms with Crippen molar-refractivity contribution >= 4 is 57.6 Å². The van der Waals surface area contributed by atoms with Gasteiger partial charge in [0.1, 0.15) is 5.75 Å². The van der Waals surface area contributed by atoms with E-state index in [0.717, 1.165) is 36.3 Å². The highest BCUT2D eigenvalue weighted by molar-refractivity contribution is 7.14. The van der Waals surface area contributed by atoms with E-state index < -0.39 is 11.9 Å². The second-order valence-electron chi connectivity index (χ2n) is 8.87. The second kappa shape index (κ2) is 15.0. The van der Waals surface area contributed by atoms with Gasteiger partial charge in [-0.1, -0.05) is 62.0 Å². The molecule has 3 aromatic rings. The molecule has 0 spiro atoms. The molecule has 214 valence electrons.